The third-order valence-electron chi connectivity index (χ3n) is 0.378. The van der Waals surface area contributed by atoms with Gasteiger partial charge in [0.1, 0.15) is 0 Å². The second-order valence-electron chi connectivity index (χ2n) is 0.809. The van der Waals surface area contributed by atoms with E-state index < -0.39 is 9.05 Å². The van der Waals surface area contributed by atoms with Gasteiger partial charge in [-0.25, -0.2) is 15.9 Å². The molecule has 0 bridgehead atoms. The van der Waals surface area contributed by atoms with Crippen molar-refractivity contribution in [2.75, 3.05) is 0 Å². The molecule has 0 atom stereocenters. The van der Waals surface area contributed by atoms with Gasteiger partial charge in [0.15, 0.2) is 0 Å². The van der Waals surface area contributed by atoms with Crippen molar-refractivity contribution in [3.63, 3.8) is 0 Å². The Balaban J connectivity index is 3.82. The van der Waals surface area contributed by atoms with Gasteiger partial charge in [-0.1, -0.05) is 0 Å². The van der Waals surface area contributed by atoms with E-state index in [1.807, 2.05) is 0 Å². The van der Waals surface area contributed by atoms with Crippen molar-refractivity contribution in [2.45, 2.75) is 0 Å². The summed E-state index contributed by atoms with van der Waals surface area (Å²) in [5.41, 5.74) is 0. The quantitative estimate of drug-likeness (QED) is 0.698. The molecule has 0 saturated carbocycles. The van der Waals surface area contributed by atoms with E-state index in [-0.39, 0.29) is 0 Å². The van der Waals surface area contributed by atoms with E-state index in [0.717, 1.165) is 0 Å². The van der Waals surface area contributed by atoms with E-state index in [0.29, 0.717) is 0 Å². The van der Waals surface area contributed by atoms with Crippen molar-refractivity contribution >= 4 is 56.5 Å². The Hall–Kier alpha value is 1.22. The number of halogens is 4. The minimum Gasteiger partial charge on any atom is -0.241 e. The highest BCUT2D eigenvalue weighted by molar-refractivity contribution is 6.67. The van der Waals surface area contributed by atoms with Crippen LogP contribution in [0, 0.1) is 0 Å². The maximum absolute atomic E-state index is 4.76. The zero-order valence-electron chi connectivity index (χ0n) is 3.64. The number of rotatable bonds is 4. The Morgan fingerprint density at radius 1 is 0.667 bits per heavy atom. The van der Waals surface area contributed by atoms with Crippen molar-refractivity contribution in [3.8, 4) is 0 Å². The molecule has 0 heterocycles. The van der Waals surface area contributed by atoms with E-state index in [1.54, 1.807) is 0 Å². The Morgan fingerprint density at radius 3 is 0.889 bits per heavy atom. The van der Waals surface area contributed by atoms with Crippen molar-refractivity contribution in [3.05, 3.63) is 0 Å². The average Bonchev–Trinajstić information content (AvgIpc) is 1.95. The second kappa shape index (κ2) is 4.95. The predicted molar refractivity (Wildman–Crippen MR) is 33.5 cm³/mol. The Morgan fingerprint density at radius 2 is 0.889 bits per heavy atom. The lowest BCUT2D eigenvalue weighted by molar-refractivity contribution is 0.192. The summed E-state index contributed by atoms with van der Waals surface area (Å²) >= 11 is 19.0. The lowest BCUT2D eigenvalue weighted by Gasteiger charge is -2.10. The molecule has 0 fully saturated rings. The van der Waals surface area contributed by atoms with Gasteiger partial charge in [-0.3, -0.25) is 0 Å². The highest BCUT2D eigenvalue weighted by atomic mass is 35.5. The molecular formula is Cl4O4Si. The van der Waals surface area contributed by atoms with Crippen molar-refractivity contribution in [1.29, 1.82) is 0 Å². The molecule has 4 nitrogen and oxygen atoms in total. The molecule has 0 spiro atoms. The maximum atomic E-state index is 4.76. The number of hydrogen-bond acceptors (Lipinski definition) is 4. The summed E-state index contributed by atoms with van der Waals surface area (Å²) in [5, 5.41) is 0. The summed E-state index contributed by atoms with van der Waals surface area (Å²) in [5.74, 6) is 0. The second-order valence-corrected chi connectivity index (χ2v) is 4.28. The molecule has 9 heavy (non-hydrogen) atoms. The predicted octanol–water partition coefficient (Wildman–Crippen LogP) is 2.10. The molecular weight excluding hydrogens is 234 g/mol. The molecule has 9 heteroatoms. The van der Waals surface area contributed by atoms with Crippen molar-refractivity contribution < 1.29 is 15.9 Å². The Labute approximate surface area is 72.6 Å². The first kappa shape index (κ1) is 10.2. The zero-order chi connectivity index (χ0) is 7.33. The van der Waals surface area contributed by atoms with Crippen LogP contribution >= 0.6 is 47.5 Å². The van der Waals surface area contributed by atoms with E-state index in [4.69, 9.17) is 47.5 Å². The van der Waals surface area contributed by atoms with Gasteiger partial charge in [0, 0.05) is 0 Å². The lowest BCUT2D eigenvalue weighted by atomic mass is 15.6. The van der Waals surface area contributed by atoms with Gasteiger partial charge in [0.25, 0.3) is 0 Å². The Kier molecular flexibility index (Phi) is 5.61. The van der Waals surface area contributed by atoms with E-state index >= 15 is 0 Å². The molecule has 0 radical (unpaired) electrons. The van der Waals surface area contributed by atoms with Gasteiger partial charge in [-0.05, 0) is 0 Å². The summed E-state index contributed by atoms with van der Waals surface area (Å²) in [6.07, 6.45) is 0. The molecule has 0 aliphatic carbocycles. The standard InChI is InChI=1S/Cl4O4Si/c1-5-9(6-2,7-3)8-4. The zero-order valence-corrected chi connectivity index (χ0v) is 7.67. The summed E-state index contributed by atoms with van der Waals surface area (Å²) in [7, 11) is -3.63. The minimum atomic E-state index is -3.63. The molecule has 0 unspecified atom stereocenters. The van der Waals surface area contributed by atoms with Crippen LogP contribution in [0.15, 0.2) is 0 Å². The van der Waals surface area contributed by atoms with Crippen LogP contribution in [0.4, 0.5) is 0 Å². The third-order valence-corrected chi connectivity index (χ3v) is 3.40. The molecule has 0 saturated heterocycles. The minimum absolute atomic E-state index is 3.63. The van der Waals surface area contributed by atoms with E-state index in [1.165, 1.54) is 0 Å². The van der Waals surface area contributed by atoms with Crippen LogP contribution in [0.2, 0.25) is 0 Å². The smallest absolute Gasteiger partial charge is 0.241 e. The van der Waals surface area contributed by atoms with Crippen LogP contribution < -0.4 is 0 Å². The van der Waals surface area contributed by atoms with E-state index in [9.17, 15) is 0 Å². The molecule has 0 aromatic rings. The Bertz CT molecular complexity index is 55.5. The van der Waals surface area contributed by atoms with Gasteiger partial charge >= 0.3 is 9.05 Å². The van der Waals surface area contributed by atoms with Gasteiger partial charge in [0.2, 0.25) is 0 Å². The topological polar surface area (TPSA) is 36.9 Å². The first-order valence-corrected chi connectivity index (χ1v) is 4.30. The lowest BCUT2D eigenvalue weighted by Crippen LogP contribution is -2.39. The first-order valence-electron chi connectivity index (χ1n) is 1.43. The molecule has 0 aliphatic rings. The fourth-order valence-corrected chi connectivity index (χ4v) is 1.93. The summed E-state index contributed by atoms with van der Waals surface area (Å²) in [6, 6.07) is 0. The van der Waals surface area contributed by atoms with Crippen LogP contribution in [0.3, 0.4) is 0 Å². The van der Waals surface area contributed by atoms with Crippen molar-refractivity contribution in [2.24, 2.45) is 0 Å². The summed E-state index contributed by atoms with van der Waals surface area (Å²) in [4.78, 5) is 0. The highest BCUT2D eigenvalue weighted by Gasteiger charge is 2.48. The van der Waals surface area contributed by atoms with Crippen LogP contribution in [-0.2, 0) is 15.9 Å². The maximum Gasteiger partial charge on any atom is 0.747 e. The van der Waals surface area contributed by atoms with Gasteiger partial charge in [0.05, 0.1) is 47.5 Å². The average molecular weight is 234 g/mol. The van der Waals surface area contributed by atoms with Crippen LogP contribution in [0.25, 0.3) is 0 Å². The highest BCUT2D eigenvalue weighted by Crippen LogP contribution is 2.18. The first-order chi connectivity index (χ1) is 4.24. The number of hydrogen-bond donors (Lipinski definition) is 0. The van der Waals surface area contributed by atoms with Gasteiger partial charge < -0.3 is 0 Å². The molecule has 0 amide bonds. The van der Waals surface area contributed by atoms with Crippen LogP contribution in [-0.4, -0.2) is 9.05 Å². The fraction of sp³-hybridized carbons (Fsp3) is 0. The largest absolute Gasteiger partial charge is 0.747 e. The van der Waals surface area contributed by atoms with Crippen molar-refractivity contribution in [1.82, 2.24) is 0 Å². The molecule has 0 aliphatic heterocycles. The third kappa shape index (κ3) is 2.75. The van der Waals surface area contributed by atoms with Gasteiger partial charge in [-0.15, -0.1) is 0 Å². The normalized spacial score (nSPS) is 12.0. The molecule has 56 valence electrons. The van der Waals surface area contributed by atoms with Gasteiger partial charge in [-0.2, -0.15) is 0 Å². The van der Waals surface area contributed by atoms with Crippen LogP contribution in [0.1, 0.15) is 0 Å². The summed E-state index contributed by atoms with van der Waals surface area (Å²) < 4.78 is 15.7. The molecule has 0 aromatic carbocycles. The van der Waals surface area contributed by atoms with E-state index in [2.05, 4.69) is 15.9 Å². The molecule has 0 N–H and O–H groups in total. The SMILES string of the molecule is ClO[Si](OCl)(OCl)OCl. The monoisotopic (exact) mass is 232 g/mol. The fourth-order valence-electron chi connectivity index (χ4n) is 0.0714. The molecule has 0 aromatic heterocycles. The molecule has 0 rings (SSSR count). The summed E-state index contributed by atoms with van der Waals surface area (Å²) in [6.45, 7) is 0. The van der Waals surface area contributed by atoms with Crippen LogP contribution in [0.5, 0.6) is 0 Å².